The Morgan fingerprint density at radius 1 is 1.53 bits per heavy atom. The summed E-state index contributed by atoms with van der Waals surface area (Å²) in [6.45, 7) is 3.73. The van der Waals surface area contributed by atoms with Gasteiger partial charge in [0.05, 0.1) is 5.41 Å². The summed E-state index contributed by atoms with van der Waals surface area (Å²) in [5.41, 5.74) is 1.08. The molecule has 2 nitrogen and oxygen atoms in total. The number of aryl methyl sites for hydroxylation is 1. The SMILES string of the molecule is C#CCCCC(C)(C(=O)O)c1cccc(C)c1. The fraction of sp³-hybridized carbons (Fsp3) is 0.400. The molecule has 0 aromatic heterocycles. The number of terminal acetylenes is 1. The van der Waals surface area contributed by atoms with Crippen LogP contribution in [-0.4, -0.2) is 11.1 Å². The minimum absolute atomic E-state index is 0.565. The van der Waals surface area contributed by atoms with E-state index >= 15 is 0 Å². The lowest BCUT2D eigenvalue weighted by atomic mass is 9.78. The van der Waals surface area contributed by atoms with Gasteiger partial charge in [0.25, 0.3) is 0 Å². The molecular weight excluding hydrogens is 212 g/mol. The highest BCUT2D eigenvalue weighted by atomic mass is 16.4. The average Bonchev–Trinajstić information content (AvgIpc) is 2.29. The standard InChI is InChI=1S/C15H18O2/c1-4-5-6-10-15(3,14(16)17)13-9-7-8-12(2)11-13/h1,7-9,11H,5-6,10H2,2-3H3,(H,16,17). The number of hydrogen-bond donors (Lipinski definition) is 1. The van der Waals surface area contributed by atoms with Gasteiger partial charge in [0.1, 0.15) is 0 Å². The highest BCUT2D eigenvalue weighted by Gasteiger charge is 2.34. The topological polar surface area (TPSA) is 37.3 Å². The van der Waals surface area contributed by atoms with Crippen LogP contribution in [0.25, 0.3) is 0 Å². The lowest BCUT2D eigenvalue weighted by Gasteiger charge is -2.25. The number of unbranched alkanes of at least 4 members (excludes halogenated alkanes) is 1. The molecule has 0 amide bonds. The Hall–Kier alpha value is -1.75. The number of aliphatic carboxylic acids is 1. The van der Waals surface area contributed by atoms with Crippen LogP contribution in [0.15, 0.2) is 24.3 Å². The molecule has 0 spiro atoms. The Balaban J connectivity index is 2.99. The molecule has 17 heavy (non-hydrogen) atoms. The minimum Gasteiger partial charge on any atom is -0.481 e. The molecule has 1 rings (SSSR count). The van der Waals surface area contributed by atoms with Gasteiger partial charge in [0.15, 0.2) is 0 Å². The molecular formula is C15H18O2. The van der Waals surface area contributed by atoms with E-state index < -0.39 is 11.4 Å². The second-order valence-electron chi connectivity index (χ2n) is 4.56. The van der Waals surface area contributed by atoms with E-state index in [1.54, 1.807) is 6.92 Å². The zero-order valence-corrected chi connectivity index (χ0v) is 10.4. The van der Waals surface area contributed by atoms with Crippen molar-refractivity contribution in [2.45, 2.75) is 38.5 Å². The number of carboxylic acids is 1. The van der Waals surface area contributed by atoms with E-state index in [-0.39, 0.29) is 0 Å². The third-order valence-electron chi connectivity index (χ3n) is 3.13. The molecule has 0 saturated heterocycles. The summed E-state index contributed by atoms with van der Waals surface area (Å²) in [5, 5.41) is 9.42. The first-order valence-corrected chi connectivity index (χ1v) is 5.74. The van der Waals surface area contributed by atoms with Gasteiger partial charge >= 0.3 is 5.97 Å². The van der Waals surface area contributed by atoms with Gasteiger partial charge in [-0.05, 0) is 32.3 Å². The van der Waals surface area contributed by atoms with Crippen molar-refractivity contribution in [3.05, 3.63) is 35.4 Å². The van der Waals surface area contributed by atoms with Gasteiger partial charge in [0.2, 0.25) is 0 Å². The van der Waals surface area contributed by atoms with Gasteiger partial charge in [-0.15, -0.1) is 12.3 Å². The van der Waals surface area contributed by atoms with Crippen LogP contribution in [0, 0.1) is 19.3 Å². The first-order valence-electron chi connectivity index (χ1n) is 5.74. The molecule has 90 valence electrons. The van der Waals surface area contributed by atoms with Crippen LogP contribution in [0.4, 0.5) is 0 Å². The summed E-state index contributed by atoms with van der Waals surface area (Å²) in [7, 11) is 0. The molecule has 1 unspecified atom stereocenters. The molecule has 0 bridgehead atoms. The van der Waals surface area contributed by atoms with Gasteiger partial charge in [-0.1, -0.05) is 29.8 Å². The van der Waals surface area contributed by atoms with Gasteiger partial charge in [-0.2, -0.15) is 0 Å². The summed E-state index contributed by atoms with van der Waals surface area (Å²) >= 11 is 0. The smallest absolute Gasteiger partial charge is 0.313 e. The highest BCUT2D eigenvalue weighted by Crippen LogP contribution is 2.30. The second kappa shape index (κ2) is 5.54. The molecule has 0 heterocycles. The predicted molar refractivity (Wildman–Crippen MR) is 68.9 cm³/mol. The van der Waals surface area contributed by atoms with Crippen molar-refractivity contribution in [1.82, 2.24) is 0 Å². The van der Waals surface area contributed by atoms with Crippen molar-refractivity contribution < 1.29 is 9.90 Å². The summed E-state index contributed by atoms with van der Waals surface area (Å²) in [6.07, 6.45) is 7.11. The van der Waals surface area contributed by atoms with Crippen LogP contribution in [0.2, 0.25) is 0 Å². The molecule has 1 N–H and O–H groups in total. The molecule has 1 aromatic rings. The van der Waals surface area contributed by atoms with Crippen molar-refractivity contribution in [3.8, 4) is 12.3 Å². The van der Waals surface area contributed by atoms with E-state index in [0.717, 1.165) is 17.5 Å². The van der Waals surface area contributed by atoms with E-state index in [1.807, 2.05) is 31.2 Å². The third-order valence-corrected chi connectivity index (χ3v) is 3.13. The van der Waals surface area contributed by atoms with Gasteiger partial charge in [-0.25, -0.2) is 0 Å². The molecule has 0 aliphatic rings. The largest absolute Gasteiger partial charge is 0.481 e. The maximum Gasteiger partial charge on any atom is 0.313 e. The fourth-order valence-electron chi connectivity index (χ4n) is 1.91. The third kappa shape index (κ3) is 3.10. The van der Waals surface area contributed by atoms with Gasteiger partial charge < -0.3 is 5.11 Å². The van der Waals surface area contributed by atoms with E-state index in [4.69, 9.17) is 6.42 Å². The first-order chi connectivity index (χ1) is 8.00. The Bertz CT molecular complexity index is 442. The van der Waals surface area contributed by atoms with Crippen molar-refractivity contribution >= 4 is 5.97 Å². The normalized spacial score (nSPS) is 13.7. The maximum absolute atomic E-state index is 11.5. The molecule has 0 saturated carbocycles. The number of benzene rings is 1. The zero-order valence-electron chi connectivity index (χ0n) is 10.4. The van der Waals surface area contributed by atoms with Crippen molar-refractivity contribution in [1.29, 1.82) is 0 Å². The van der Waals surface area contributed by atoms with Crippen LogP contribution in [-0.2, 0) is 10.2 Å². The predicted octanol–water partition coefficient (Wildman–Crippen LogP) is 3.14. The van der Waals surface area contributed by atoms with E-state index in [0.29, 0.717) is 12.8 Å². The number of rotatable bonds is 5. The molecule has 0 radical (unpaired) electrons. The zero-order chi connectivity index (χ0) is 12.9. The molecule has 1 atom stereocenters. The lowest BCUT2D eigenvalue weighted by molar-refractivity contribution is -0.143. The average molecular weight is 230 g/mol. The van der Waals surface area contributed by atoms with Crippen LogP contribution in [0.3, 0.4) is 0 Å². The first kappa shape index (κ1) is 13.3. The van der Waals surface area contributed by atoms with E-state index in [2.05, 4.69) is 5.92 Å². The Morgan fingerprint density at radius 2 is 2.24 bits per heavy atom. The Morgan fingerprint density at radius 3 is 2.76 bits per heavy atom. The number of hydrogen-bond acceptors (Lipinski definition) is 1. The van der Waals surface area contributed by atoms with E-state index in [9.17, 15) is 9.90 Å². The van der Waals surface area contributed by atoms with Crippen molar-refractivity contribution in [2.75, 3.05) is 0 Å². The lowest BCUT2D eigenvalue weighted by Crippen LogP contribution is -2.32. The molecule has 0 fully saturated rings. The van der Waals surface area contributed by atoms with Gasteiger partial charge in [0, 0.05) is 6.42 Å². The maximum atomic E-state index is 11.5. The van der Waals surface area contributed by atoms with Crippen LogP contribution in [0.1, 0.15) is 37.3 Å². The van der Waals surface area contributed by atoms with Crippen LogP contribution in [0.5, 0.6) is 0 Å². The number of carbonyl (C=O) groups is 1. The van der Waals surface area contributed by atoms with E-state index in [1.165, 1.54) is 0 Å². The Kier molecular flexibility index (Phi) is 4.34. The summed E-state index contributed by atoms with van der Waals surface area (Å²) < 4.78 is 0. The van der Waals surface area contributed by atoms with Crippen molar-refractivity contribution in [2.24, 2.45) is 0 Å². The summed E-state index contributed by atoms with van der Waals surface area (Å²) in [6, 6.07) is 7.67. The molecule has 0 aliphatic carbocycles. The Labute approximate surface area is 103 Å². The summed E-state index contributed by atoms with van der Waals surface area (Å²) in [4.78, 5) is 11.5. The second-order valence-corrected chi connectivity index (χ2v) is 4.56. The molecule has 0 aliphatic heterocycles. The monoisotopic (exact) mass is 230 g/mol. The minimum atomic E-state index is -0.844. The quantitative estimate of drug-likeness (QED) is 0.623. The molecule has 1 aromatic carbocycles. The van der Waals surface area contributed by atoms with Crippen molar-refractivity contribution in [3.63, 3.8) is 0 Å². The van der Waals surface area contributed by atoms with Gasteiger partial charge in [-0.3, -0.25) is 4.79 Å². The fourth-order valence-corrected chi connectivity index (χ4v) is 1.91. The molecule has 2 heteroatoms. The van der Waals surface area contributed by atoms with Crippen LogP contribution >= 0.6 is 0 Å². The number of carboxylic acid groups (broad SMARTS) is 1. The van der Waals surface area contributed by atoms with Crippen LogP contribution < -0.4 is 0 Å². The highest BCUT2D eigenvalue weighted by molar-refractivity contribution is 5.80. The summed E-state index contributed by atoms with van der Waals surface area (Å²) in [5.74, 6) is 1.76.